The van der Waals surface area contributed by atoms with E-state index in [4.69, 9.17) is 0 Å². The first kappa shape index (κ1) is 8.52. The Morgan fingerprint density at radius 3 is 2.75 bits per heavy atom. The number of carbonyl (C=O) groups is 1. The van der Waals surface area contributed by atoms with Crippen molar-refractivity contribution in [3.05, 3.63) is 23.5 Å². The van der Waals surface area contributed by atoms with Gasteiger partial charge in [0.2, 0.25) is 0 Å². The summed E-state index contributed by atoms with van der Waals surface area (Å²) in [5, 5.41) is 9.17. The molecule has 0 spiro atoms. The number of methoxy groups -OCH3 is 1. The van der Waals surface area contributed by atoms with Crippen molar-refractivity contribution < 1.29 is 19.0 Å². The molecule has 1 N–H and O–H groups in total. The summed E-state index contributed by atoms with van der Waals surface area (Å²) < 4.78 is 17.3. The third-order valence-corrected chi connectivity index (χ3v) is 1.45. The fourth-order valence-corrected chi connectivity index (χ4v) is 0.851. The largest absolute Gasteiger partial charge is 0.504 e. The normalized spacial score (nSPS) is 9.50. The van der Waals surface area contributed by atoms with Gasteiger partial charge in [0.1, 0.15) is 0 Å². The van der Waals surface area contributed by atoms with Crippen LogP contribution in [0.4, 0.5) is 4.39 Å². The third kappa shape index (κ3) is 1.23. The van der Waals surface area contributed by atoms with Gasteiger partial charge in [-0.15, -0.1) is 0 Å². The molecular weight excluding hydrogens is 163 g/mol. The van der Waals surface area contributed by atoms with Crippen molar-refractivity contribution in [1.29, 1.82) is 0 Å². The van der Waals surface area contributed by atoms with E-state index in [1.807, 2.05) is 0 Å². The van der Waals surface area contributed by atoms with Crippen LogP contribution in [0.1, 0.15) is 10.4 Å². The molecule has 1 rings (SSSR count). The molecule has 1 aromatic carbocycles. The molecule has 0 aromatic heterocycles. The molecule has 3 nitrogen and oxygen atoms in total. The SMILES string of the molecule is COc1c(F)ccc(C=O)c1O. The molecule has 0 aliphatic carbocycles. The lowest BCUT2D eigenvalue weighted by molar-refractivity contribution is 0.112. The Balaban J connectivity index is 3.33. The smallest absolute Gasteiger partial charge is 0.197 e. The molecule has 0 atom stereocenters. The van der Waals surface area contributed by atoms with Crippen LogP contribution in [-0.4, -0.2) is 18.5 Å². The van der Waals surface area contributed by atoms with Gasteiger partial charge in [-0.3, -0.25) is 4.79 Å². The van der Waals surface area contributed by atoms with Crippen molar-refractivity contribution in [3.8, 4) is 11.5 Å². The number of aldehydes is 1. The molecule has 0 heterocycles. The highest BCUT2D eigenvalue weighted by molar-refractivity contribution is 5.80. The van der Waals surface area contributed by atoms with E-state index in [-0.39, 0.29) is 11.3 Å². The van der Waals surface area contributed by atoms with Gasteiger partial charge >= 0.3 is 0 Å². The fourth-order valence-electron chi connectivity index (χ4n) is 0.851. The minimum absolute atomic E-state index is 0.00764. The van der Waals surface area contributed by atoms with Gasteiger partial charge in [0, 0.05) is 0 Å². The lowest BCUT2D eigenvalue weighted by Gasteiger charge is -2.05. The average molecular weight is 170 g/mol. The van der Waals surface area contributed by atoms with Crippen LogP contribution in [0.25, 0.3) is 0 Å². The topological polar surface area (TPSA) is 46.5 Å². The van der Waals surface area contributed by atoms with Gasteiger partial charge in [0.05, 0.1) is 12.7 Å². The predicted octanol–water partition coefficient (Wildman–Crippen LogP) is 1.35. The predicted molar refractivity (Wildman–Crippen MR) is 40.0 cm³/mol. The summed E-state index contributed by atoms with van der Waals surface area (Å²) in [5.41, 5.74) is 0.00764. The molecule has 64 valence electrons. The molecule has 0 aliphatic heterocycles. The Morgan fingerprint density at radius 2 is 2.25 bits per heavy atom. The zero-order valence-electron chi connectivity index (χ0n) is 6.37. The lowest BCUT2D eigenvalue weighted by atomic mass is 10.2. The van der Waals surface area contributed by atoms with E-state index in [2.05, 4.69) is 4.74 Å². The maximum absolute atomic E-state index is 12.8. The molecule has 1 aromatic rings. The minimum Gasteiger partial charge on any atom is -0.504 e. The van der Waals surface area contributed by atoms with E-state index in [0.717, 1.165) is 6.07 Å². The van der Waals surface area contributed by atoms with Crippen molar-refractivity contribution in [2.45, 2.75) is 0 Å². The molecule has 4 heteroatoms. The summed E-state index contributed by atoms with van der Waals surface area (Å²) in [5.74, 6) is -1.47. The number of carbonyl (C=O) groups excluding carboxylic acids is 1. The summed E-state index contributed by atoms with van der Waals surface area (Å²) in [7, 11) is 1.21. The second-order valence-electron chi connectivity index (χ2n) is 2.14. The molecule has 12 heavy (non-hydrogen) atoms. The first-order valence-corrected chi connectivity index (χ1v) is 3.21. The van der Waals surface area contributed by atoms with E-state index in [0.29, 0.717) is 6.29 Å². The molecule has 0 aliphatic rings. The molecule has 0 radical (unpaired) electrons. The number of aromatic hydroxyl groups is 1. The van der Waals surface area contributed by atoms with Crippen LogP contribution in [0.5, 0.6) is 11.5 Å². The summed E-state index contributed by atoms with van der Waals surface area (Å²) in [4.78, 5) is 10.3. The molecule has 0 amide bonds. The van der Waals surface area contributed by atoms with Gasteiger partial charge in [0.25, 0.3) is 0 Å². The van der Waals surface area contributed by atoms with E-state index >= 15 is 0 Å². The molecule has 0 saturated heterocycles. The monoisotopic (exact) mass is 170 g/mol. The highest BCUT2D eigenvalue weighted by atomic mass is 19.1. The van der Waals surface area contributed by atoms with Gasteiger partial charge in [-0.2, -0.15) is 0 Å². The Labute approximate surface area is 68.4 Å². The first-order chi connectivity index (χ1) is 5.70. The fraction of sp³-hybridized carbons (Fsp3) is 0.125. The lowest BCUT2D eigenvalue weighted by Crippen LogP contribution is -1.91. The zero-order valence-corrected chi connectivity index (χ0v) is 6.37. The van der Waals surface area contributed by atoms with Gasteiger partial charge < -0.3 is 9.84 Å². The molecule has 0 saturated carbocycles. The number of hydrogen-bond acceptors (Lipinski definition) is 3. The Bertz CT molecular complexity index is 309. The van der Waals surface area contributed by atoms with Crippen LogP contribution in [0, 0.1) is 5.82 Å². The third-order valence-electron chi connectivity index (χ3n) is 1.45. The first-order valence-electron chi connectivity index (χ1n) is 3.21. The number of hydrogen-bond donors (Lipinski definition) is 1. The minimum atomic E-state index is -0.694. The summed E-state index contributed by atoms with van der Waals surface area (Å²) >= 11 is 0. The Hall–Kier alpha value is -1.58. The number of phenols is 1. The van der Waals surface area contributed by atoms with Crippen LogP contribution in [0.2, 0.25) is 0 Å². The number of halogens is 1. The van der Waals surface area contributed by atoms with Crippen molar-refractivity contribution in [3.63, 3.8) is 0 Å². The summed E-state index contributed by atoms with van der Waals surface area (Å²) in [6, 6.07) is 2.24. The van der Waals surface area contributed by atoms with E-state index in [9.17, 15) is 14.3 Å². The number of benzene rings is 1. The van der Waals surface area contributed by atoms with Crippen LogP contribution in [0.3, 0.4) is 0 Å². The second-order valence-corrected chi connectivity index (χ2v) is 2.14. The average Bonchev–Trinajstić information content (AvgIpc) is 2.06. The molecule has 0 bridgehead atoms. The number of ether oxygens (including phenoxy) is 1. The van der Waals surface area contributed by atoms with E-state index < -0.39 is 11.6 Å². The van der Waals surface area contributed by atoms with Gasteiger partial charge in [-0.05, 0) is 12.1 Å². The summed E-state index contributed by atoms with van der Waals surface area (Å²) in [6.07, 6.45) is 0.428. The van der Waals surface area contributed by atoms with E-state index in [1.54, 1.807) is 0 Å². The molecule has 0 fully saturated rings. The van der Waals surface area contributed by atoms with Crippen molar-refractivity contribution in [1.82, 2.24) is 0 Å². The number of rotatable bonds is 2. The van der Waals surface area contributed by atoms with Gasteiger partial charge in [-0.1, -0.05) is 0 Å². The van der Waals surface area contributed by atoms with Gasteiger partial charge in [0.15, 0.2) is 23.6 Å². The summed E-state index contributed by atoms with van der Waals surface area (Å²) in [6.45, 7) is 0. The van der Waals surface area contributed by atoms with Crippen molar-refractivity contribution in [2.75, 3.05) is 7.11 Å². The number of phenolic OH excluding ortho intramolecular Hbond substituents is 1. The zero-order chi connectivity index (χ0) is 9.14. The molecule has 0 unspecified atom stereocenters. The van der Waals surface area contributed by atoms with Crippen LogP contribution in [-0.2, 0) is 0 Å². The quantitative estimate of drug-likeness (QED) is 0.681. The highest BCUT2D eigenvalue weighted by Gasteiger charge is 2.11. The second kappa shape index (κ2) is 3.21. The van der Waals surface area contributed by atoms with Crippen LogP contribution < -0.4 is 4.74 Å². The maximum atomic E-state index is 12.8. The highest BCUT2D eigenvalue weighted by Crippen LogP contribution is 2.31. The maximum Gasteiger partial charge on any atom is 0.197 e. The standard InChI is InChI=1S/C8H7FO3/c1-12-8-6(9)3-2-5(4-10)7(8)11/h2-4,11H,1H3. The van der Waals surface area contributed by atoms with Crippen molar-refractivity contribution >= 4 is 6.29 Å². The van der Waals surface area contributed by atoms with Crippen LogP contribution in [0.15, 0.2) is 12.1 Å². The molecular formula is C8H7FO3. The Kier molecular flexibility index (Phi) is 2.28. The Morgan fingerprint density at radius 1 is 1.58 bits per heavy atom. The van der Waals surface area contributed by atoms with Crippen LogP contribution >= 0.6 is 0 Å². The van der Waals surface area contributed by atoms with Gasteiger partial charge in [-0.25, -0.2) is 4.39 Å². The van der Waals surface area contributed by atoms with Crippen molar-refractivity contribution in [2.24, 2.45) is 0 Å². The van der Waals surface area contributed by atoms with E-state index in [1.165, 1.54) is 13.2 Å².